The molecule has 0 saturated heterocycles. The molecular formula is C14H19ClN6O3. The molecule has 1 aromatic carbocycles. The monoisotopic (exact) mass is 354 g/mol. The minimum Gasteiger partial charge on any atom is -0.351 e. The third-order valence-electron chi connectivity index (χ3n) is 3.28. The number of carbonyl (C=O) groups is 1. The van der Waals surface area contributed by atoms with E-state index in [4.69, 9.17) is 0 Å². The van der Waals surface area contributed by atoms with Crippen LogP contribution < -0.4 is 10.6 Å². The molecule has 1 aromatic heterocycles. The molecule has 1 amide bonds. The minimum atomic E-state index is -0.481. The molecule has 2 N–H and O–H groups in total. The summed E-state index contributed by atoms with van der Waals surface area (Å²) in [5, 5.41) is 24.4. The van der Waals surface area contributed by atoms with Crippen molar-refractivity contribution in [1.82, 2.24) is 25.6 Å². The largest absolute Gasteiger partial charge is 0.351 e. The molecule has 2 aromatic rings. The third kappa shape index (κ3) is 4.49. The van der Waals surface area contributed by atoms with Crippen molar-refractivity contribution in [3.8, 4) is 5.69 Å². The normalized spacial score (nSPS) is 10.1. The maximum Gasteiger partial charge on any atom is 0.273 e. The number of nitro benzene ring substituents is 1. The maximum atomic E-state index is 12.1. The quantitative estimate of drug-likeness (QED) is 0.439. The summed E-state index contributed by atoms with van der Waals surface area (Å²) in [6.45, 7) is 3.03. The second kappa shape index (κ2) is 8.94. The predicted molar refractivity (Wildman–Crippen MR) is 90.9 cm³/mol. The Labute approximate surface area is 145 Å². The van der Waals surface area contributed by atoms with Crippen LogP contribution in [0, 0.1) is 17.0 Å². The first-order chi connectivity index (χ1) is 11.0. The van der Waals surface area contributed by atoms with Gasteiger partial charge in [-0.25, -0.2) is 4.68 Å². The van der Waals surface area contributed by atoms with Crippen molar-refractivity contribution in [1.29, 1.82) is 0 Å². The van der Waals surface area contributed by atoms with Crippen molar-refractivity contribution in [3.05, 3.63) is 45.8 Å². The van der Waals surface area contributed by atoms with Crippen LogP contribution in [0.4, 0.5) is 5.69 Å². The molecular weight excluding hydrogens is 336 g/mol. The molecule has 2 rings (SSSR count). The molecule has 0 unspecified atom stereocenters. The first-order valence-electron chi connectivity index (χ1n) is 7.14. The summed E-state index contributed by atoms with van der Waals surface area (Å²) in [5.74, 6) is -0.310. The number of nitrogens with zero attached hydrogens (tertiary/aromatic N) is 4. The Morgan fingerprint density at radius 2 is 2.12 bits per heavy atom. The van der Waals surface area contributed by atoms with Crippen molar-refractivity contribution in [2.45, 2.75) is 13.3 Å². The number of nitro groups is 1. The van der Waals surface area contributed by atoms with Gasteiger partial charge in [0.25, 0.3) is 11.6 Å². The number of amides is 1. The van der Waals surface area contributed by atoms with E-state index in [2.05, 4.69) is 20.9 Å². The van der Waals surface area contributed by atoms with Crippen molar-refractivity contribution in [3.63, 3.8) is 0 Å². The average Bonchev–Trinajstić information content (AvgIpc) is 2.93. The first kappa shape index (κ1) is 19.5. The van der Waals surface area contributed by atoms with Crippen molar-refractivity contribution < 1.29 is 9.72 Å². The van der Waals surface area contributed by atoms with E-state index in [0.29, 0.717) is 17.9 Å². The summed E-state index contributed by atoms with van der Waals surface area (Å²) in [7, 11) is 1.84. The van der Waals surface area contributed by atoms with E-state index in [0.717, 1.165) is 13.0 Å². The zero-order chi connectivity index (χ0) is 16.8. The minimum absolute atomic E-state index is 0. The number of aromatic nitrogens is 3. The standard InChI is InChI=1S/C14H18N6O3.ClH/c1-10-13(14(21)16-8-4-7-15-2)17-18-19(10)11-5-3-6-12(9-11)20(22)23;/h3,5-6,9,15H,4,7-8H2,1-2H3,(H,16,21);1H. The van der Waals surface area contributed by atoms with Gasteiger partial charge in [0.15, 0.2) is 5.69 Å². The van der Waals surface area contributed by atoms with Crippen LogP contribution in [0.25, 0.3) is 5.69 Å². The van der Waals surface area contributed by atoms with E-state index < -0.39 is 4.92 Å². The topological polar surface area (TPSA) is 115 Å². The lowest BCUT2D eigenvalue weighted by atomic mass is 10.2. The Morgan fingerprint density at radius 3 is 2.79 bits per heavy atom. The molecule has 0 radical (unpaired) electrons. The van der Waals surface area contributed by atoms with Crippen LogP contribution in [0.1, 0.15) is 22.6 Å². The highest BCUT2D eigenvalue weighted by Crippen LogP contribution is 2.18. The number of nitrogens with one attached hydrogen (secondary N) is 2. The number of non-ortho nitro benzene ring substituents is 1. The summed E-state index contributed by atoms with van der Waals surface area (Å²) in [4.78, 5) is 22.5. The molecule has 0 bridgehead atoms. The summed E-state index contributed by atoms with van der Waals surface area (Å²) >= 11 is 0. The highest BCUT2D eigenvalue weighted by atomic mass is 35.5. The van der Waals surface area contributed by atoms with Gasteiger partial charge in [-0.15, -0.1) is 17.5 Å². The molecule has 9 nitrogen and oxygen atoms in total. The Bertz CT molecular complexity index is 718. The molecule has 0 aliphatic heterocycles. The van der Waals surface area contributed by atoms with Crippen LogP contribution in [0.5, 0.6) is 0 Å². The van der Waals surface area contributed by atoms with Gasteiger partial charge in [-0.2, -0.15) is 0 Å². The molecule has 0 fully saturated rings. The predicted octanol–water partition coefficient (Wildman–Crippen LogP) is 1.25. The molecule has 10 heteroatoms. The summed E-state index contributed by atoms with van der Waals surface area (Å²) in [5.41, 5.74) is 1.17. The molecule has 0 saturated carbocycles. The van der Waals surface area contributed by atoms with Gasteiger partial charge >= 0.3 is 0 Å². The number of benzene rings is 1. The molecule has 0 aliphatic carbocycles. The van der Waals surface area contributed by atoms with E-state index >= 15 is 0 Å². The molecule has 130 valence electrons. The highest BCUT2D eigenvalue weighted by molar-refractivity contribution is 5.93. The van der Waals surface area contributed by atoms with Crippen LogP contribution in [0.3, 0.4) is 0 Å². The van der Waals surface area contributed by atoms with E-state index in [1.807, 2.05) is 7.05 Å². The second-order valence-corrected chi connectivity index (χ2v) is 4.93. The SMILES string of the molecule is CNCCCNC(=O)c1nnn(-c2cccc([N+](=O)[O-])c2)c1C.Cl. The van der Waals surface area contributed by atoms with Gasteiger partial charge in [0, 0.05) is 18.7 Å². The van der Waals surface area contributed by atoms with Crippen molar-refractivity contribution in [2.24, 2.45) is 0 Å². The van der Waals surface area contributed by atoms with Gasteiger partial charge in [0.05, 0.1) is 16.3 Å². The zero-order valence-electron chi connectivity index (χ0n) is 13.4. The van der Waals surface area contributed by atoms with E-state index in [9.17, 15) is 14.9 Å². The summed E-state index contributed by atoms with van der Waals surface area (Å²) in [6.07, 6.45) is 0.806. The number of carbonyl (C=O) groups excluding carboxylic acids is 1. The average molecular weight is 355 g/mol. The van der Waals surface area contributed by atoms with Crippen LogP contribution >= 0.6 is 12.4 Å². The van der Waals surface area contributed by atoms with Gasteiger partial charge in [-0.05, 0) is 33.0 Å². The van der Waals surface area contributed by atoms with Gasteiger partial charge in [0.1, 0.15) is 0 Å². The Balaban J connectivity index is 0.00000288. The van der Waals surface area contributed by atoms with Gasteiger partial charge in [0.2, 0.25) is 0 Å². The van der Waals surface area contributed by atoms with Crippen LogP contribution in [0.15, 0.2) is 24.3 Å². The number of halogens is 1. The Hall–Kier alpha value is -2.52. The van der Waals surface area contributed by atoms with Crippen molar-refractivity contribution in [2.75, 3.05) is 20.1 Å². The lowest BCUT2D eigenvalue weighted by Crippen LogP contribution is -2.27. The summed E-state index contributed by atoms with van der Waals surface area (Å²) < 4.78 is 1.41. The molecule has 0 atom stereocenters. The van der Waals surface area contributed by atoms with Crippen molar-refractivity contribution >= 4 is 24.0 Å². The fourth-order valence-electron chi connectivity index (χ4n) is 2.07. The maximum absolute atomic E-state index is 12.1. The Kier molecular flexibility index (Phi) is 7.28. The first-order valence-corrected chi connectivity index (χ1v) is 7.14. The van der Waals surface area contributed by atoms with Crippen LogP contribution in [-0.4, -0.2) is 46.0 Å². The van der Waals surface area contributed by atoms with Crippen LogP contribution in [-0.2, 0) is 0 Å². The lowest BCUT2D eigenvalue weighted by Gasteiger charge is -2.05. The number of rotatable bonds is 7. The third-order valence-corrected chi connectivity index (χ3v) is 3.28. The van der Waals surface area contributed by atoms with E-state index in [1.165, 1.54) is 16.8 Å². The summed E-state index contributed by atoms with van der Waals surface area (Å²) in [6, 6.07) is 6.01. The van der Waals surface area contributed by atoms with Crippen LogP contribution in [0.2, 0.25) is 0 Å². The second-order valence-electron chi connectivity index (χ2n) is 4.93. The highest BCUT2D eigenvalue weighted by Gasteiger charge is 2.18. The van der Waals surface area contributed by atoms with Gasteiger partial charge in [-0.1, -0.05) is 11.3 Å². The number of hydrogen-bond acceptors (Lipinski definition) is 6. The number of hydrogen-bond donors (Lipinski definition) is 2. The fraction of sp³-hybridized carbons (Fsp3) is 0.357. The fourth-order valence-corrected chi connectivity index (χ4v) is 2.07. The Morgan fingerprint density at radius 1 is 1.38 bits per heavy atom. The van der Waals surface area contributed by atoms with Gasteiger partial charge < -0.3 is 10.6 Å². The molecule has 0 aliphatic rings. The lowest BCUT2D eigenvalue weighted by molar-refractivity contribution is -0.384. The smallest absolute Gasteiger partial charge is 0.273 e. The van der Waals surface area contributed by atoms with E-state index in [-0.39, 0.29) is 29.7 Å². The van der Waals surface area contributed by atoms with Gasteiger partial charge in [-0.3, -0.25) is 14.9 Å². The molecule has 24 heavy (non-hydrogen) atoms. The molecule has 0 spiro atoms. The molecule has 1 heterocycles. The zero-order valence-corrected chi connectivity index (χ0v) is 14.2. The van der Waals surface area contributed by atoms with E-state index in [1.54, 1.807) is 19.1 Å².